The van der Waals surface area contributed by atoms with Crippen molar-refractivity contribution in [2.24, 2.45) is 0 Å². The number of carbonyl (C=O) groups is 2. The molecule has 6 nitrogen and oxygen atoms in total. The highest BCUT2D eigenvalue weighted by Gasteiger charge is 2.31. The molecule has 0 bridgehead atoms. The van der Waals surface area contributed by atoms with E-state index in [4.69, 9.17) is 9.15 Å². The van der Waals surface area contributed by atoms with E-state index in [0.717, 1.165) is 22.3 Å². The van der Waals surface area contributed by atoms with Gasteiger partial charge in [0.15, 0.2) is 0 Å². The van der Waals surface area contributed by atoms with Crippen LogP contribution in [0.2, 0.25) is 0 Å². The minimum absolute atomic E-state index is 0.0116. The molecule has 1 aliphatic rings. The lowest BCUT2D eigenvalue weighted by Gasteiger charge is -2.24. The maximum atomic E-state index is 13.3. The average Bonchev–Trinajstić information content (AvgIpc) is 3.47. The molecule has 0 fully saturated rings. The SMILES string of the molecule is O=C(O)c1ccccc1N(Cc1ccco1)C(=O)OCC1c2ccccc2-c2ccccc21. The van der Waals surface area contributed by atoms with Gasteiger partial charge in [-0.25, -0.2) is 9.59 Å². The summed E-state index contributed by atoms with van der Waals surface area (Å²) in [6.45, 7) is 0.185. The Labute approximate surface area is 190 Å². The number of carbonyl (C=O) groups excluding carboxylic acids is 1. The molecule has 0 aliphatic heterocycles. The van der Waals surface area contributed by atoms with Crippen molar-refractivity contribution >= 4 is 17.7 Å². The molecule has 33 heavy (non-hydrogen) atoms. The molecular formula is C27H21NO5. The van der Waals surface area contributed by atoms with Crippen LogP contribution in [0.4, 0.5) is 10.5 Å². The Balaban J connectivity index is 1.44. The van der Waals surface area contributed by atoms with Gasteiger partial charge in [-0.1, -0.05) is 60.7 Å². The molecule has 0 saturated carbocycles. The Morgan fingerprint density at radius 2 is 1.48 bits per heavy atom. The largest absolute Gasteiger partial charge is 0.478 e. The average molecular weight is 439 g/mol. The summed E-state index contributed by atoms with van der Waals surface area (Å²) in [6.07, 6.45) is 0.871. The molecule has 0 atom stereocenters. The van der Waals surface area contributed by atoms with E-state index in [9.17, 15) is 14.7 Å². The maximum Gasteiger partial charge on any atom is 0.414 e. The molecular weight excluding hydrogens is 418 g/mol. The maximum absolute atomic E-state index is 13.3. The fraction of sp³-hybridized carbons (Fsp3) is 0.111. The molecule has 5 rings (SSSR count). The number of nitrogens with zero attached hydrogens (tertiary/aromatic N) is 1. The van der Waals surface area contributed by atoms with Gasteiger partial charge in [-0.3, -0.25) is 4.90 Å². The Hall–Kier alpha value is -4.32. The zero-order valence-electron chi connectivity index (χ0n) is 17.7. The summed E-state index contributed by atoms with van der Waals surface area (Å²) < 4.78 is 11.2. The number of fused-ring (bicyclic) bond motifs is 3. The molecule has 6 heteroatoms. The van der Waals surface area contributed by atoms with Crippen LogP contribution in [0.3, 0.4) is 0 Å². The number of benzene rings is 3. The highest BCUT2D eigenvalue weighted by atomic mass is 16.6. The number of para-hydroxylation sites is 1. The predicted octanol–water partition coefficient (Wildman–Crippen LogP) is 5.93. The van der Waals surface area contributed by atoms with Gasteiger partial charge < -0.3 is 14.3 Å². The summed E-state index contributed by atoms with van der Waals surface area (Å²) in [6, 6.07) is 26.0. The molecule has 0 saturated heterocycles. The lowest BCUT2D eigenvalue weighted by Crippen LogP contribution is -2.33. The standard InChI is InChI=1S/C27H21NO5/c29-26(30)23-13-5-6-14-25(23)28(16-18-8-7-15-32-18)27(31)33-17-24-21-11-3-1-9-19(21)20-10-2-4-12-22(20)24/h1-15,24H,16-17H2,(H,29,30). The smallest absolute Gasteiger partial charge is 0.414 e. The second kappa shape index (κ2) is 8.67. The van der Waals surface area contributed by atoms with Crippen LogP contribution in [0.15, 0.2) is 95.6 Å². The first kappa shape index (κ1) is 20.6. The van der Waals surface area contributed by atoms with Crippen molar-refractivity contribution in [2.45, 2.75) is 12.5 Å². The van der Waals surface area contributed by atoms with Crippen molar-refractivity contribution in [3.05, 3.63) is 114 Å². The number of rotatable bonds is 6. The molecule has 3 aromatic carbocycles. The van der Waals surface area contributed by atoms with E-state index >= 15 is 0 Å². The van der Waals surface area contributed by atoms with Crippen molar-refractivity contribution < 1.29 is 23.8 Å². The molecule has 0 unspecified atom stereocenters. The van der Waals surface area contributed by atoms with Crippen LogP contribution in [0.1, 0.15) is 33.2 Å². The highest BCUT2D eigenvalue weighted by Crippen LogP contribution is 2.44. The molecule has 4 aromatic rings. The van der Waals surface area contributed by atoms with Crippen molar-refractivity contribution in [3.8, 4) is 11.1 Å². The van der Waals surface area contributed by atoms with E-state index in [1.54, 1.807) is 30.3 Å². The summed E-state index contributed by atoms with van der Waals surface area (Å²) in [5.74, 6) is -0.702. The van der Waals surface area contributed by atoms with Crippen LogP contribution in [0, 0.1) is 0 Å². The van der Waals surface area contributed by atoms with Crippen LogP contribution in [-0.2, 0) is 11.3 Å². The predicted molar refractivity (Wildman–Crippen MR) is 123 cm³/mol. The van der Waals surface area contributed by atoms with Crippen LogP contribution in [0.5, 0.6) is 0 Å². The Kier molecular flexibility index (Phi) is 5.40. The Morgan fingerprint density at radius 1 is 0.848 bits per heavy atom. The van der Waals surface area contributed by atoms with Gasteiger partial charge in [0.1, 0.15) is 12.4 Å². The number of amides is 1. The molecule has 1 aliphatic carbocycles. The van der Waals surface area contributed by atoms with Gasteiger partial charge in [-0.2, -0.15) is 0 Å². The molecule has 0 spiro atoms. The van der Waals surface area contributed by atoms with Crippen molar-refractivity contribution in [3.63, 3.8) is 0 Å². The third-order valence-electron chi connectivity index (χ3n) is 5.88. The van der Waals surface area contributed by atoms with Gasteiger partial charge in [0.25, 0.3) is 0 Å². The molecule has 0 radical (unpaired) electrons. The van der Waals surface area contributed by atoms with Gasteiger partial charge in [0.05, 0.1) is 24.1 Å². The summed E-state index contributed by atoms with van der Waals surface area (Å²) in [5, 5.41) is 9.64. The minimum Gasteiger partial charge on any atom is -0.478 e. The second-order valence-corrected chi connectivity index (χ2v) is 7.79. The van der Waals surface area contributed by atoms with Crippen LogP contribution in [0.25, 0.3) is 11.1 Å². The number of carboxylic acid groups (broad SMARTS) is 1. The first-order chi connectivity index (χ1) is 16.1. The van der Waals surface area contributed by atoms with E-state index in [-0.39, 0.29) is 30.3 Å². The van der Waals surface area contributed by atoms with Gasteiger partial charge in [-0.05, 0) is 46.5 Å². The lowest BCUT2D eigenvalue weighted by atomic mass is 9.98. The summed E-state index contributed by atoms with van der Waals surface area (Å²) in [7, 11) is 0. The summed E-state index contributed by atoms with van der Waals surface area (Å²) in [5.41, 5.74) is 4.75. The number of anilines is 1. The van der Waals surface area contributed by atoms with E-state index < -0.39 is 12.1 Å². The van der Waals surface area contributed by atoms with Gasteiger partial charge >= 0.3 is 12.1 Å². The molecule has 1 heterocycles. The number of furan rings is 1. The number of ether oxygens (including phenoxy) is 1. The molecule has 164 valence electrons. The monoisotopic (exact) mass is 439 g/mol. The first-order valence-electron chi connectivity index (χ1n) is 10.6. The van der Waals surface area contributed by atoms with Gasteiger partial charge in [-0.15, -0.1) is 0 Å². The number of aromatic carboxylic acids is 1. The molecule has 1 aromatic heterocycles. The third-order valence-corrected chi connectivity index (χ3v) is 5.88. The van der Waals surface area contributed by atoms with E-state index in [2.05, 4.69) is 12.1 Å². The van der Waals surface area contributed by atoms with Gasteiger partial charge in [0.2, 0.25) is 0 Å². The minimum atomic E-state index is -1.12. The number of hydrogen-bond donors (Lipinski definition) is 1. The molecule has 1 N–H and O–H groups in total. The lowest BCUT2D eigenvalue weighted by molar-refractivity contribution is 0.0697. The topological polar surface area (TPSA) is 80.0 Å². The van der Waals surface area contributed by atoms with E-state index in [0.29, 0.717) is 5.76 Å². The Bertz CT molecular complexity index is 1270. The highest BCUT2D eigenvalue weighted by molar-refractivity contribution is 5.99. The fourth-order valence-electron chi connectivity index (χ4n) is 4.37. The van der Waals surface area contributed by atoms with Crippen LogP contribution >= 0.6 is 0 Å². The van der Waals surface area contributed by atoms with Crippen molar-refractivity contribution in [1.29, 1.82) is 0 Å². The third kappa shape index (κ3) is 3.87. The number of carboxylic acids is 1. The number of hydrogen-bond acceptors (Lipinski definition) is 4. The van der Waals surface area contributed by atoms with Crippen molar-refractivity contribution in [2.75, 3.05) is 11.5 Å². The fourth-order valence-corrected chi connectivity index (χ4v) is 4.37. The van der Waals surface area contributed by atoms with E-state index in [1.165, 1.54) is 17.2 Å². The van der Waals surface area contributed by atoms with Gasteiger partial charge in [0, 0.05) is 5.92 Å². The summed E-state index contributed by atoms with van der Waals surface area (Å²) >= 11 is 0. The zero-order chi connectivity index (χ0) is 22.8. The summed E-state index contributed by atoms with van der Waals surface area (Å²) in [4.78, 5) is 26.4. The Morgan fingerprint density at radius 3 is 2.12 bits per heavy atom. The zero-order valence-corrected chi connectivity index (χ0v) is 17.7. The van der Waals surface area contributed by atoms with Crippen LogP contribution < -0.4 is 4.90 Å². The van der Waals surface area contributed by atoms with Crippen LogP contribution in [-0.4, -0.2) is 23.8 Å². The van der Waals surface area contributed by atoms with Crippen molar-refractivity contribution in [1.82, 2.24) is 0 Å². The molecule has 1 amide bonds. The van der Waals surface area contributed by atoms with E-state index in [1.807, 2.05) is 36.4 Å². The first-order valence-corrected chi connectivity index (χ1v) is 10.6. The second-order valence-electron chi connectivity index (χ2n) is 7.79. The normalized spacial score (nSPS) is 12.1. The quantitative estimate of drug-likeness (QED) is 0.403.